The maximum absolute atomic E-state index is 12.3. The van der Waals surface area contributed by atoms with Gasteiger partial charge in [-0.15, -0.1) is 0 Å². The third kappa shape index (κ3) is 4.17. The van der Waals surface area contributed by atoms with Gasteiger partial charge in [-0.3, -0.25) is 4.79 Å². The molecule has 1 fully saturated rings. The van der Waals surface area contributed by atoms with E-state index in [4.69, 9.17) is 11.6 Å². The molecule has 6 nitrogen and oxygen atoms in total. The number of carbonyl (C=O) groups is 1. The van der Waals surface area contributed by atoms with Gasteiger partial charge in [0.1, 0.15) is 16.1 Å². The number of thioether (sulfide) groups is 1. The molecule has 27 heavy (non-hydrogen) atoms. The number of halogens is 1. The van der Waals surface area contributed by atoms with Crippen molar-refractivity contribution in [3.05, 3.63) is 35.1 Å². The van der Waals surface area contributed by atoms with E-state index in [1.807, 2.05) is 19.1 Å². The molecule has 0 bridgehead atoms. The topological polar surface area (TPSA) is 71.0 Å². The van der Waals surface area contributed by atoms with Crippen LogP contribution in [0.15, 0.2) is 29.6 Å². The van der Waals surface area contributed by atoms with Crippen LogP contribution in [0.25, 0.3) is 10.3 Å². The minimum absolute atomic E-state index is 0.101. The first-order valence-corrected chi connectivity index (χ1v) is 10.8. The third-order valence-electron chi connectivity index (χ3n) is 4.32. The number of anilines is 2. The zero-order valence-electron chi connectivity index (χ0n) is 14.7. The predicted molar refractivity (Wildman–Crippen MR) is 112 cm³/mol. The number of rotatable bonds is 5. The number of aromatic nitrogens is 3. The fraction of sp³-hybridized carbons (Fsp3) is 0.333. The van der Waals surface area contributed by atoms with E-state index in [2.05, 4.69) is 25.2 Å². The summed E-state index contributed by atoms with van der Waals surface area (Å²) in [5, 5.41) is 5.29. The van der Waals surface area contributed by atoms with Crippen molar-refractivity contribution >= 4 is 61.8 Å². The summed E-state index contributed by atoms with van der Waals surface area (Å²) in [6.07, 6.45) is 3.91. The lowest BCUT2D eigenvalue weighted by atomic mass is 10.2. The van der Waals surface area contributed by atoms with Crippen LogP contribution in [-0.2, 0) is 4.79 Å². The van der Waals surface area contributed by atoms with Gasteiger partial charge in [0.05, 0.1) is 5.75 Å². The molecular formula is C18H18ClN5OS2. The van der Waals surface area contributed by atoms with Crippen molar-refractivity contribution < 1.29 is 4.79 Å². The van der Waals surface area contributed by atoms with Gasteiger partial charge in [0.2, 0.25) is 5.91 Å². The zero-order chi connectivity index (χ0) is 18.8. The first kappa shape index (κ1) is 18.5. The van der Waals surface area contributed by atoms with Gasteiger partial charge in [-0.05, 0) is 37.5 Å². The Labute approximate surface area is 170 Å². The lowest BCUT2D eigenvalue weighted by molar-refractivity contribution is -0.113. The van der Waals surface area contributed by atoms with E-state index < -0.39 is 0 Å². The second-order valence-corrected chi connectivity index (χ2v) is 8.67. The molecule has 0 aliphatic carbocycles. The van der Waals surface area contributed by atoms with Gasteiger partial charge in [0.25, 0.3) is 0 Å². The van der Waals surface area contributed by atoms with Crippen LogP contribution in [0.2, 0.25) is 5.02 Å². The first-order chi connectivity index (χ1) is 13.1. The fourth-order valence-electron chi connectivity index (χ4n) is 2.87. The van der Waals surface area contributed by atoms with E-state index >= 15 is 0 Å². The summed E-state index contributed by atoms with van der Waals surface area (Å²) < 4.78 is 0.940. The van der Waals surface area contributed by atoms with Crippen LogP contribution in [-0.4, -0.2) is 39.7 Å². The van der Waals surface area contributed by atoms with E-state index in [1.165, 1.54) is 30.9 Å². The molecule has 0 unspecified atom stereocenters. The number of hydrogen-bond acceptors (Lipinski definition) is 7. The van der Waals surface area contributed by atoms with Gasteiger partial charge in [-0.2, -0.15) is 4.98 Å². The molecule has 1 aliphatic heterocycles. The molecule has 1 aliphatic rings. The Bertz CT molecular complexity index is 987. The van der Waals surface area contributed by atoms with Crippen molar-refractivity contribution in [3.8, 4) is 0 Å². The molecule has 9 heteroatoms. The molecule has 3 aromatic rings. The molecule has 1 N–H and O–H groups in total. The average molecular weight is 420 g/mol. The number of amides is 1. The van der Waals surface area contributed by atoms with E-state index in [0.29, 0.717) is 16.4 Å². The summed E-state index contributed by atoms with van der Waals surface area (Å²) in [5.74, 6) is 0.158. The van der Waals surface area contributed by atoms with Crippen molar-refractivity contribution in [1.82, 2.24) is 15.0 Å². The second-order valence-electron chi connectivity index (χ2n) is 6.32. The van der Waals surface area contributed by atoms with Crippen LogP contribution in [0, 0.1) is 6.92 Å². The van der Waals surface area contributed by atoms with Crippen molar-refractivity contribution in [3.63, 3.8) is 0 Å². The minimum Gasteiger partial charge on any atom is -0.348 e. The molecule has 1 saturated heterocycles. The third-order valence-corrected chi connectivity index (χ3v) is 6.96. The zero-order valence-corrected chi connectivity index (χ0v) is 17.1. The van der Waals surface area contributed by atoms with Gasteiger partial charge in [-0.25, -0.2) is 9.97 Å². The Morgan fingerprint density at radius 1 is 1.33 bits per heavy atom. The highest BCUT2D eigenvalue weighted by Gasteiger charge is 2.19. The number of nitrogens with one attached hydrogen (secondary N) is 1. The summed E-state index contributed by atoms with van der Waals surface area (Å²) in [4.78, 5) is 27.8. The van der Waals surface area contributed by atoms with Gasteiger partial charge in [0.15, 0.2) is 10.8 Å². The van der Waals surface area contributed by atoms with Crippen molar-refractivity contribution in [2.75, 3.05) is 29.1 Å². The summed E-state index contributed by atoms with van der Waals surface area (Å²) in [6.45, 7) is 4.00. The molecule has 0 atom stereocenters. The van der Waals surface area contributed by atoms with Crippen LogP contribution in [0.1, 0.15) is 18.4 Å². The van der Waals surface area contributed by atoms with Crippen LogP contribution in [0.5, 0.6) is 0 Å². The standard InChI is InChI=1S/C18H18ClN5OS2/c1-11-4-5-12(8-13(11)19)22-14(25)9-26-17-15-16(20-10-21-17)23-18(27-15)24-6-2-3-7-24/h4-5,8,10H,2-3,6-7,9H2,1H3,(H,22,25). The fourth-order valence-corrected chi connectivity index (χ4v) is 4.99. The molecule has 1 amide bonds. The van der Waals surface area contributed by atoms with Crippen molar-refractivity contribution in [2.24, 2.45) is 0 Å². The van der Waals surface area contributed by atoms with Crippen molar-refractivity contribution in [1.29, 1.82) is 0 Å². The lowest BCUT2D eigenvalue weighted by Crippen LogP contribution is -2.16. The largest absolute Gasteiger partial charge is 0.348 e. The number of hydrogen-bond donors (Lipinski definition) is 1. The highest BCUT2D eigenvalue weighted by atomic mass is 35.5. The van der Waals surface area contributed by atoms with Crippen LogP contribution in [0.4, 0.5) is 10.8 Å². The number of fused-ring (bicyclic) bond motifs is 1. The highest BCUT2D eigenvalue weighted by molar-refractivity contribution is 8.00. The Morgan fingerprint density at radius 3 is 2.93 bits per heavy atom. The Morgan fingerprint density at radius 2 is 2.15 bits per heavy atom. The molecule has 1 aromatic carbocycles. The van der Waals surface area contributed by atoms with Gasteiger partial charge >= 0.3 is 0 Å². The summed E-state index contributed by atoms with van der Waals surface area (Å²) in [5.41, 5.74) is 2.37. The summed E-state index contributed by atoms with van der Waals surface area (Å²) in [6, 6.07) is 5.49. The second kappa shape index (κ2) is 8.00. The molecule has 2 aromatic heterocycles. The first-order valence-electron chi connectivity index (χ1n) is 8.65. The number of nitrogens with zero attached hydrogens (tertiary/aromatic N) is 4. The molecule has 0 spiro atoms. The average Bonchev–Trinajstić information content (AvgIpc) is 3.32. The normalized spacial score (nSPS) is 14.1. The molecule has 140 valence electrons. The smallest absolute Gasteiger partial charge is 0.234 e. The maximum atomic E-state index is 12.3. The molecule has 3 heterocycles. The number of benzene rings is 1. The van der Waals surface area contributed by atoms with E-state index in [-0.39, 0.29) is 11.7 Å². The minimum atomic E-state index is -0.101. The van der Waals surface area contributed by atoms with Crippen LogP contribution >= 0.6 is 34.7 Å². The van der Waals surface area contributed by atoms with E-state index in [9.17, 15) is 4.79 Å². The molecule has 0 saturated carbocycles. The number of carbonyl (C=O) groups excluding carboxylic acids is 1. The quantitative estimate of drug-likeness (QED) is 0.488. The molecular weight excluding hydrogens is 402 g/mol. The van der Waals surface area contributed by atoms with Crippen LogP contribution in [0.3, 0.4) is 0 Å². The molecule has 4 rings (SSSR count). The number of aryl methyl sites for hydroxylation is 1. The number of thiazole rings is 1. The monoisotopic (exact) mass is 419 g/mol. The van der Waals surface area contributed by atoms with Crippen molar-refractivity contribution in [2.45, 2.75) is 24.8 Å². The lowest BCUT2D eigenvalue weighted by Gasteiger charge is -2.11. The Balaban J connectivity index is 1.44. The summed E-state index contributed by atoms with van der Waals surface area (Å²) in [7, 11) is 0. The van der Waals surface area contributed by atoms with Crippen LogP contribution < -0.4 is 10.2 Å². The SMILES string of the molecule is Cc1ccc(NC(=O)CSc2ncnc3nc(N4CCCC4)sc23)cc1Cl. The summed E-state index contributed by atoms with van der Waals surface area (Å²) >= 11 is 9.11. The van der Waals surface area contributed by atoms with Gasteiger partial charge in [-0.1, -0.05) is 40.8 Å². The highest BCUT2D eigenvalue weighted by Crippen LogP contribution is 2.34. The predicted octanol–water partition coefficient (Wildman–Crippen LogP) is 4.38. The van der Waals surface area contributed by atoms with Gasteiger partial charge in [0, 0.05) is 23.8 Å². The Hall–Kier alpha value is -1.90. The van der Waals surface area contributed by atoms with E-state index in [0.717, 1.165) is 33.5 Å². The maximum Gasteiger partial charge on any atom is 0.234 e. The van der Waals surface area contributed by atoms with E-state index in [1.54, 1.807) is 17.4 Å². The molecule has 0 radical (unpaired) electrons. The van der Waals surface area contributed by atoms with Gasteiger partial charge < -0.3 is 10.2 Å². The Kier molecular flexibility index (Phi) is 5.47.